The van der Waals surface area contributed by atoms with Crippen LogP contribution in [-0.4, -0.2) is 12.5 Å². The summed E-state index contributed by atoms with van der Waals surface area (Å²) in [7, 11) is 0. The number of benzene rings is 2. The van der Waals surface area contributed by atoms with E-state index in [2.05, 4.69) is 39.6 Å². The fraction of sp³-hybridized carbons (Fsp3) is 0.312. The molecule has 0 bridgehead atoms. The van der Waals surface area contributed by atoms with Gasteiger partial charge < -0.3 is 4.74 Å². The van der Waals surface area contributed by atoms with Crippen molar-refractivity contribution in [3.05, 3.63) is 40.9 Å². The SMILES string of the molecule is NNC(=O)CCCCCOc1ccc2ccccc2c1Br. The highest BCUT2D eigenvalue weighted by atomic mass is 79.9. The average Bonchev–Trinajstić information content (AvgIpc) is 2.52. The zero-order valence-electron chi connectivity index (χ0n) is 11.8. The fourth-order valence-electron chi connectivity index (χ4n) is 2.14. The molecule has 2 rings (SSSR count). The molecule has 0 radical (unpaired) electrons. The number of hydrogen-bond acceptors (Lipinski definition) is 3. The third kappa shape index (κ3) is 4.44. The Kier molecular flexibility index (Phi) is 6.02. The number of carbonyl (C=O) groups excluding carboxylic acids is 1. The van der Waals surface area contributed by atoms with E-state index < -0.39 is 0 Å². The first kappa shape index (κ1) is 15.8. The van der Waals surface area contributed by atoms with E-state index in [1.807, 2.05) is 18.2 Å². The molecule has 21 heavy (non-hydrogen) atoms. The molecule has 0 fully saturated rings. The van der Waals surface area contributed by atoms with E-state index in [-0.39, 0.29) is 5.91 Å². The number of carbonyl (C=O) groups is 1. The lowest BCUT2D eigenvalue weighted by Gasteiger charge is -2.10. The van der Waals surface area contributed by atoms with Gasteiger partial charge in [0, 0.05) is 6.42 Å². The number of amides is 1. The Hall–Kier alpha value is -1.59. The molecule has 0 spiro atoms. The third-order valence-corrected chi connectivity index (χ3v) is 4.11. The topological polar surface area (TPSA) is 64.3 Å². The summed E-state index contributed by atoms with van der Waals surface area (Å²) in [5.74, 6) is 5.76. The third-order valence-electron chi connectivity index (χ3n) is 3.29. The van der Waals surface area contributed by atoms with E-state index in [9.17, 15) is 4.79 Å². The number of hydrazine groups is 1. The Morgan fingerprint density at radius 2 is 1.95 bits per heavy atom. The number of nitrogens with two attached hydrogens (primary N) is 1. The molecule has 5 heteroatoms. The van der Waals surface area contributed by atoms with Crippen LogP contribution in [0.3, 0.4) is 0 Å². The monoisotopic (exact) mass is 350 g/mol. The normalized spacial score (nSPS) is 10.6. The van der Waals surface area contributed by atoms with Crippen LogP contribution in [0.4, 0.5) is 0 Å². The summed E-state index contributed by atoms with van der Waals surface area (Å²) in [6, 6.07) is 12.2. The van der Waals surface area contributed by atoms with Crippen LogP contribution in [0.15, 0.2) is 40.9 Å². The van der Waals surface area contributed by atoms with Gasteiger partial charge in [-0.1, -0.05) is 30.3 Å². The maximum atomic E-state index is 11.0. The van der Waals surface area contributed by atoms with Gasteiger partial charge in [0.25, 0.3) is 0 Å². The van der Waals surface area contributed by atoms with Crippen LogP contribution in [0.5, 0.6) is 5.75 Å². The average molecular weight is 351 g/mol. The molecule has 4 nitrogen and oxygen atoms in total. The lowest BCUT2D eigenvalue weighted by atomic mass is 10.1. The van der Waals surface area contributed by atoms with Crippen LogP contribution >= 0.6 is 15.9 Å². The van der Waals surface area contributed by atoms with Gasteiger partial charge in [0.1, 0.15) is 5.75 Å². The van der Waals surface area contributed by atoms with Crippen molar-refractivity contribution in [3.63, 3.8) is 0 Å². The number of rotatable bonds is 7. The summed E-state index contributed by atoms with van der Waals surface area (Å²) in [5, 5.41) is 2.33. The second kappa shape index (κ2) is 8.00. The van der Waals surface area contributed by atoms with Gasteiger partial charge in [-0.3, -0.25) is 10.2 Å². The fourth-order valence-corrected chi connectivity index (χ4v) is 2.75. The smallest absolute Gasteiger partial charge is 0.233 e. The molecule has 0 heterocycles. The summed E-state index contributed by atoms with van der Waals surface area (Å²) >= 11 is 3.60. The molecule has 0 aromatic heterocycles. The van der Waals surface area contributed by atoms with Crippen molar-refractivity contribution >= 4 is 32.6 Å². The van der Waals surface area contributed by atoms with E-state index in [0.29, 0.717) is 13.0 Å². The first-order valence-corrected chi connectivity index (χ1v) is 7.81. The molecular weight excluding hydrogens is 332 g/mol. The molecule has 0 aliphatic rings. The number of nitrogens with one attached hydrogen (secondary N) is 1. The van der Waals surface area contributed by atoms with Crippen molar-refractivity contribution in [2.24, 2.45) is 5.84 Å². The zero-order valence-corrected chi connectivity index (χ0v) is 13.4. The quantitative estimate of drug-likeness (QED) is 0.347. The van der Waals surface area contributed by atoms with Crippen molar-refractivity contribution < 1.29 is 9.53 Å². The van der Waals surface area contributed by atoms with Gasteiger partial charge in [-0.25, -0.2) is 5.84 Å². The summed E-state index contributed by atoms with van der Waals surface area (Å²) in [5.41, 5.74) is 2.13. The molecule has 0 unspecified atom stereocenters. The summed E-state index contributed by atoms with van der Waals surface area (Å²) in [6.45, 7) is 0.640. The molecule has 0 saturated heterocycles. The van der Waals surface area contributed by atoms with Crippen molar-refractivity contribution in [3.8, 4) is 5.75 Å². The molecule has 0 atom stereocenters. The Morgan fingerprint density at radius 1 is 1.14 bits per heavy atom. The number of halogens is 1. The maximum absolute atomic E-state index is 11.0. The second-order valence-electron chi connectivity index (χ2n) is 4.83. The van der Waals surface area contributed by atoms with Crippen LogP contribution in [0.25, 0.3) is 10.8 Å². The van der Waals surface area contributed by atoms with Crippen LogP contribution in [0.1, 0.15) is 25.7 Å². The van der Waals surface area contributed by atoms with Crippen molar-refractivity contribution in [1.29, 1.82) is 0 Å². The van der Waals surface area contributed by atoms with E-state index in [0.717, 1.165) is 34.9 Å². The molecular formula is C16H19BrN2O2. The molecule has 1 amide bonds. The Labute approximate surface area is 132 Å². The van der Waals surface area contributed by atoms with E-state index in [4.69, 9.17) is 10.6 Å². The van der Waals surface area contributed by atoms with Crippen LogP contribution in [-0.2, 0) is 4.79 Å². The van der Waals surface area contributed by atoms with E-state index >= 15 is 0 Å². The Balaban J connectivity index is 1.81. The van der Waals surface area contributed by atoms with Crippen molar-refractivity contribution in [1.82, 2.24) is 5.43 Å². The van der Waals surface area contributed by atoms with E-state index in [1.165, 1.54) is 5.39 Å². The second-order valence-corrected chi connectivity index (χ2v) is 5.62. The van der Waals surface area contributed by atoms with Gasteiger partial charge in [-0.15, -0.1) is 0 Å². The van der Waals surface area contributed by atoms with Gasteiger partial charge in [0.2, 0.25) is 5.91 Å². The predicted octanol–water partition coefficient (Wildman–Crippen LogP) is 3.53. The first-order valence-electron chi connectivity index (χ1n) is 7.02. The van der Waals surface area contributed by atoms with Crippen LogP contribution in [0.2, 0.25) is 0 Å². The highest BCUT2D eigenvalue weighted by Crippen LogP contribution is 2.33. The maximum Gasteiger partial charge on any atom is 0.233 e. The minimum absolute atomic E-state index is 0.117. The minimum Gasteiger partial charge on any atom is -0.492 e. The first-order chi connectivity index (χ1) is 10.2. The van der Waals surface area contributed by atoms with Gasteiger partial charge in [0.05, 0.1) is 11.1 Å². The Bertz CT molecular complexity index is 616. The van der Waals surface area contributed by atoms with Crippen molar-refractivity contribution in [2.75, 3.05) is 6.61 Å². The van der Waals surface area contributed by atoms with Crippen LogP contribution < -0.4 is 16.0 Å². The van der Waals surface area contributed by atoms with Gasteiger partial charge >= 0.3 is 0 Å². The van der Waals surface area contributed by atoms with Gasteiger partial charge in [0.15, 0.2) is 0 Å². The lowest BCUT2D eigenvalue weighted by molar-refractivity contribution is -0.121. The molecule has 0 aliphatic heterocycles. The van der Waals surface area contributed by atoms with E-state index in [1.54, 1.807) is 0 Å². The highest BCUT2D eigenvalue weighted by molar-refractivity contribution is 9.10. The molecule has 0 aliphatic carbocycles. The Morgan fingerprint density at radius 3 is 2.76 bits per heavy atom. The highest BCUT2D eigenvalue weighted by Gasteiger charge is 2.05. The van der Waals surface area contributed by atoms with Gasteiger partial charge in [-0.2, -0.15) is 0 Å². The number of ether oxygens (including phenoxy) is 1. The number of unbranched alkanes of at least 4 members (excludes halogenated alkanes) is 2. The predicted molar refractivity (Wildman–Crippen MR) is 87.9 cm³/mol. The zero-order chi connectivity index (χ0) is 15.1. The molecule has 3 N–H and O–H groups in total. The van der Waals surface area contributed by atoms with Crippen LogP contribution in [0, 0.1) is 0 Å². The molecule has 0 saturated carbocycles. The number of fused-ring (bicyclic) bond motifs is 1. The standard InChI is InChI=1S/C16H19BrN2O2/c17-16-13-7-4-3-6-12(13)9-10-14(16)21-11-5-1-2-8-15(20)19-18/h3-4,6-7,9-10H,1-2,5,8,11,18H2,(H,19,20). The minimum atomic E-state index is -0.117. The van der Waals surface area contributed by atoms with Crippen molar-refractivity contribution in [2.45, 2.75) is 25.7 Å². The largest absolute Gasteiger partial charge is 0.492 e. The lowest BCUT2D eigenvalue weighted by Crippen LogP contribution is -2.29. The number of hydrogen-bond donors (Lipinski definition) is 2. The molecule has 2 aromatic carbocycles. The molecule has 112 valence electrons. The summed E-state index contributed by atoms with van der Waals surface area (Å²) in [4.78, 5) is 11.0. The van der Waals surface area contributed by atoms with Gasteiger partial charge in [-0.05, 0) is 52.0 Å². The molecule has 2 aromatic rings. The summed E-state index contributed by atoms with van der Waals surface area (Å²) < 4.78 is 6.80. The summed E-state index contributed by atoms with van der Waals surface area (Å²) in [6.07, 6.45) is 3.15.